The molecule has 2 aromatic rings. The summed E-state index contributed by atoms with van der Waals surface area (Å²) < 4.78 is 4.98. The van der Waals surface area contributed by atoms with Crippen molar-refractivity contribution in [2.45, 2.75) is 6.10 Å². The number of aromatic nitrogens is 3. The van der Waals surface area contributed by atoms with Crippen LogP contribution in [0.1, 0.15) is 11.7 Å². The van der Waals surface area contributed by atoms with E-state index in [1.54, 1.807) is 7.05 Å². The number of benzene rings is 1. The number of methoxy groups -OCH3 is 1. The van der Waals surface area contributed by atoms with Gasteiger partial charge in [-0.2, -0.15) is 15.0 Å². The Morgan fingerprint density at radius 3 is 2.50 bits per heavy atom. The van der Waals surface area contributed by atoms with Gasteiger partial charge >= 0.3 is 6.01 Å². The molecule has 7 heteroatoms. The summed E-state index contributed by atoms with van der Waals surface area (Å²) in [7, 11) is 3.19. The number of nitrogens with zero attached hydrogens (tertiary/aromatic N) is 3. The zero-order valence-electron chi connectivity index (χ0n) is 11.4. The van der Waals surface area contributed by atoms with Crippen LogP contribution >= 0.6 is 0 Å². The smallest absolute Gasteiger partial charge is 0.322 e. The summed E-state index contributed by atoms with van der Waals surface area (Å²) in [6.07, 6.45) is -0.642. The number of anilines is 2. The van der Waals surface area contributed by atoms with Gasteiger partial charge in [0, 0.05) is 13.6 Å². The van der Waals surface area contributed by atoms with Crippen LogP contribution in [0.5, 0.6) is 6.01 Å². The van der Waals surface area contributed by atoms with Crippen molar-refractivity contribution in [1.82, 2.24) is 15.0 Å². The predicted octanol–water partition coefficient (Wildman–Crippen LogP) is 1.07. The molecule has 1 aromatic carbocycles. The molecule has 1 aromatic heterocycles. The van der Waals surface area contributed by atoms with Gasteiger partial charge in [-0.25, -0.2) is 0 Å². The van der Waals surface area contributed by atoms with Crippen LogP contribution in [0, 0.1) is 0 Å². The van der Waals surface area contributed by atoms with Gasteiger partial charge in [-0.15, -0.1) is 0 Å². The van der Waals surface area contributed by atoms with E-state index in [2.05, 4.69) is 25.6 Å². The number of nitrogens with one attached hydrogen (secondary N) is 2. The summed E-state index contributed by atoms with van der Waals surface area (Å²) >= 11 is 0. The van der Waals surface area contributed by atoms with Crippen molar-refractivity contribution >= 4 is 11.9 Å². The lowest BCUT2D eigenvalue weighted by atomic mass is 10.1. The van der Waals surface area contributed by atoms with E-state index in [9.17, 15) is 5.11 Å². The molecule has 1 heterocycles. The number of aliphatic hydroxyl groups excluding tert-OH is 1. The molecular weight excluding hydrogens is 258 g/mol. The molecule has 1 atom stereocenters. The summed E-state index contributed by atoms with van der Waals surface area (Å²) in [5.74, 6) is 0.740. The SMILES string of the molecule is CNc1nc(NCC(O)c2ccccc2)nc(OC)n1. The third kappa shape index (κ3) is 3.55. The van der Waals surface area contributed by atoms with E-state index in [4.69, 9.17) is 4.74 Å². The lowest BCUT2D eigenvalue weighted by Gasteiger charge is -2.12. The molecule has 106 valence electrons. The Kier molecular flexibility index (Phi) is 4.67. The van der Waals surface area contributed by atoms with Gasteiger partial charge < -0.3 is 20.5 Å². The first-order valence-corrected chi connectivity index (χ1v) is 6.17. The number of ether oxygens (including phenoxy) is 1. The third-order valence-electron chi connectivity index (χ3n) is 2.66. The van der Waals surface area contributed by atoms with E-state index >= 15 is 0 Å². The van der Waals surface area contributed by atoms with Crippen LogP contribution < -0.4 is 15.4 Å². The highest BCUT2D eigenvalue weighted by molar-refractivity contribution is 5.35. The van der Waals surface area contributed by atoms with E-state index < -0.39 is 6.10 Å². The van der Waals surface area contributed by atoms with Gasteiger partial charge in [-0.3, -0.25) is 0 Å². The molecule has 7 nitrogen and oxygen atoms in total. The molecule has 0 aliphatic carbocycles. The molecule has 0 spiro atoms. The predicted molar refractivity (Wildman–Crippen MR) is 75.8 cm³/mol. The number of hydrogen-bond donors (Lipinski definition) is 3. The average Bonchev–Trinajstić information content (AvgIpc) is 2.53. The zero-order valence-corrected chi connectivity index (χ0v) is 11.4. The first-order valence-electron chi connectivity index (χ1n) is 6.17. The third-order valence-corrected chi connectivity index (χ3v) is 2.66. The van der Waals surface area contributed by atoms with Gasteiger partial charge in [0.1, 0.15) is 0 Å². The zero-order chi connectivity index (χ0) is 14.4. The molecule has 0 saturated heterocycles. The second-order valence-electron chi connectivity index (χ2n) is 4.03. The molecule has 0 saturated carbocycles. The highest BCUT2D eigenvalue weighted by atomic mass is 16.5. The van der Waals surface area contributed by atoms with Crippen molar-refractivity contribution in [3.8, 4) is 6.01 Å². The van der Waals surface area contributed by atoms with Crippen LogP contribution in [-0.2, 0) is 0 Å². The summed E-state index contributed by atoms with van der Waals surface area (Å²) in [5, 5.41) is 15.8. The fraction of sp³-hybridized carbons (Fsp3) is 0.308. The molecule has 1 unspecified atom stereocenters. The summed E-state index contributed by atoms with van der Waals surface area (Å²) in [4.78, 5) is 12.2. The fourth-order valence-electron chi connectivity index (χ4n) is 1.62. The Labute approximate surface area is 117 Å². The van der Waals surface area contributed by atoms with Crippen LogP contribution in [0.25, 0.3) is 0 Å². The summed E-state index contributed by atoms with van der Waals surface area (Å²) in [6, 6.07) is 9.59. The van der Waals surface area contributed by atoms with E-state index in [0.29, 0.717) is 18.4 Å². The Hall–Kier alpha value is -2.41. The van der Waals surface area contributed by atoms with Crippen molar-refractivity contribution in [2.75, 3.05) is 31.3 Å². The molecule has 20 heavy (non-hydrogen) atoms. The summed E-state index contributed by atoms with van der Waals surface area (Å²) in [6.45, 7) is 0.292. The molecule has 0 aliphatic heterocycles. The number of hydrogen-bond acceptors (Lipinski definition) is 7. The normalized spacial score (nSPS) is 11.8. The van der Waals surface area contributed by atoms with Crippen molar-refractivity contribution < 1.29 is 9.84 Å². The first-order chi connectivity index (χ1) is 9.72. The Bertz CT molecular complexity index is 527. The monoisotopic (exact) mass is 275 g/mol. The highest BCUT2D eigenvalue weighted by Crippen LogP contribution is 2.14. The second kappa shape index (κ2) is 6.67. The number of aliphatic hydroxyl groups is 1. The fourth-order valence-corrected chi connectivity index (χ4v) is 1.62. The molecule has 0 radical (unpaired) electrons. The average molecular weight is 275 g/mol. The topological polar surface area (TPSA) is 92.2 Å². The van der Waals surface area contributed by atoms with Gasteiger partial charge in [-0.1, -0.05) is 30.3 Å². The summed E-state index contributed by atoms with van der Waals surface area (Å²) in [5.41, 5.74) is 0.829. The largest absolute Gasteiger partial charge is 0.467 e. The van der Waals surface area contributed by atoms with Crippen LogP contribution in [0.2, 0.25) is 0 Å². The molecule has 0 amide bonds. The molecule has 0 aliphatic rings. The van der Waals surface area contributed by atoms with Gasteiger partial charge in [-0.05, 0) is 5.56 Å². The van der Waals surface area contributed by atoms with E-state index in [1.165, 1.54) is 7.11 Å². The van der Waals surface area contributed by atoms with Gasteiger partial charge in [0.2, 0.25) is 11.9 Å². The van der Waals surface area contributed by atoms with E-state index in [-0.39, 0.29) is 6.01 Å². The van der Waals surface area contributed by atoms with Crippen LogP contribution in [0.15, 0.2) is 30.3 Å². The second-order valence-corrected chi connectivity index (χ2v) is 4.03. The van der Waals surface area contributed by atoms with Crippen molar-refractivity contribution in [3.63, 3.8) is 0 Å². The lowest BCUT2D eigenvalue weighted by molar-refractivity contribution is 0.191. The van der Waals surface area contributed by atoms with Gasteiger partial charge in [0.05, 0.1) is 13.2 Å². The highest BCUT2D eigenvalue weighted by Gasteiger charge is 2.09. The van der Waals surface area contributed by atoms with Crippen molar-refractivity contribution in [2.24, 2.45) is 0 Å². The minimum absolute atomic E-state index is 0.209. The van der Waals surface area contributed by atoms with Crippen molar-refractivity contribution in [3.05, 3.63) is 35.9 Å². The van der Waals surface area contributed by atoms with Crippen LogP contribution in [0.4, 0.5) is 11.9 Å². The maximum absolute atomic E-state index is 10.1. The molecular formula is C13H17N5O2. The van der Waals surface area contributed by atoms with Crippen LogP contribution in [0.3, 0.4) is 0 Å². The quantitative estimate of drug-likeness (QED) is 0.726. The van der Waals surface area contributed by atoms with Gasteiger partial charge in [0.15, 0.2) is 0 Å². The first kappa shape index (κ1) is 14.0. The maximum atomic E-state index is 10.1. The maximum Gasteiger partial charge on any atom is 0.322 e. The number of rotatable bonds is 6. The minimum Gasteiger partial charge on any atom is -0.467 e. The molecule has 3 N–H and O–H groups in total. The van der Waals surface area contributed by atoms with E-state index in [0.717, 1.165) is 5.56 Å². The minimum atomic E-state index is -0.642. The molecule has 2 rings (SSSR count). The van der Waals surface area contributed by atoms with Crippen LogP contribution in [-0.4, -0.2) is 40.8 Å². The Morgan fingerprint density at radius 1 is 1.15 bits per heavy atom. The molecule has 0 fully saturated rings. The Morgan fingerprint density at radius 2 is 1.85 bits per heavy atom. The van der Waals surface area contributed by atoms with Gasteiger partial charge in [0.25, 0.3) is 0 Å². The lowest BCUT2D eigenvalue weighted by Crippen LogP contribution is -2.15. The van der Waals surface area contributed by atoms with Crippen molar-refractivity contribution in [1.29, 1.82) is 0 Å². The van der Waals surface area contributed by atoms with E-state index in [1.807, 2.05) is 30.3 Å². The Balaban J connectivity index is 2.03. The molecule has 0 bridgehead atoms. The standard InChI is InChI=1S/C13H17N5O2/c1-14-11-16-12(18-13(17-11)20-2)15-8-10(19)9-6-4-3-5-7-9/h3-7,10,19H,8H2,1-2H3,(H2,14,15,16,17,18).